The summed E-state index contributed by atoms with van der Waals surface area (Å²) >= 11 is 1.56. The SMILES string of the molecule is CCNC(C)CC(=O)Cc1nc(-c2ccccc2)cs1. The van der Waals surface area contributed by atoms with Gasteiger partial charge in [-0.25, -0.2) is 4.98 Å². The molecule has 0 aliphatic rings. The summed E-state index contributed by atoms with van der Waals surface area (Å²) in [5.74, 6) is 0.243. The topological polar surface area (TPSA) is 42.0 Å². The summed E-state index contributed by atoms with van der Waals surface area (Å²) in [4.78, 5) is 16.5. The number of hydrogen-bond acceptors (Lipinski definition) is 4. The fraction of sp³-hybridized carbons (Fsp3) is 0.375. The van der Waals surface area contributed by atoms with E-state index >= 15 is 0 Å². The number of benzene rings is 1. The van der Waals surface area contributed by atoms with E-state index in [2.05, 4.69) is 10.3 Å². The number of aromatic nitrogens is 1. The van der Waals surface area contributed by atoms with Gasteiger partial charge in [0.25, 0.3) is 0 Å². The van der Waals surface area contributed by atoms with Crippen LogP contribution in [-0.2, 0) is 11.2 Å². The summed E-state index contributed by atoms with van der Waals surface area (Å²) in [6.45, 7) is 4.98. The van der Waals surface area contributed by atoms with Crippen LogP contribution >= 0.6 is 11.3 Å². The molecular weight excluding hydrogens is 268 g/mol. The zero-order valence-electron chi connectivity index (χ0n) is 11.9. The van der Waals surface area contributed by atoms with E-state index in [1.54, 1.807) is 11.3 Å². The van der Waals surface area contributed by atoms with Crippen molar-refractivity contribution in [2.24, 2.45) is 0 Å². The minimum absolute atomic E-state index is 0.237. The molecule has 4 heteroatoms. The van der Waals surface area contributed by atoms with Crippen molar-refractivity contribution in [2.75, 3.05) is 6.54 Å². The Morgan fingerprint density at radius 1 is 1.35 bits per heavy atom. The molecule has 0 saturated carbocycles. The van der Waals surface area contributed by atoms with Crippen LogP contribution in [0.25, 0.3) is 11.3 Å². The first kappa shape index (κ1) is 14.9. The third-order valence-corrected chi connectivity index (χ3v) is 3.90. The number of carbonyl (C=O) groups excluding carboxylic acids is 1. The maximum Gasteiger partial charge on any atom is 0.141 e. The van der Waals surface area contributed by atoms with Crippen LogP contribution in [-0.4, -0.2) is 23.4 Å². The second kappa shape index (κ2) is 7.31. The molecule has 1 N–H and O–H groups in total. The summed E-state index contributed by atoms with van der Waals surface area (Å²) in [5.41, 5.74) is 2.06. The van der Waals surface area contributed by atoms with Gasteiger partial charge in [0.15, 0.2) is 0 Å². The third kappa shape index (κ3) is 4.25. The molecule has 1 atom stereocenters. The molecule has 2 aromatic rings. The number of thiazole rings is 1. The predicted molar refractivity (Wildman–Crippen MR) is 84.0 cm³/mol. The summed E-state index contributed by atoms with van der Waals surface area (Å²) in [7, 11) is 0. The average Bonchev–Trinajstić information content (AvgIpc) is 2.88. The lowest BCUT2D eigenvalue weighted by atomic mass is 10.1. The molecule has 0 saturated heterocycles. The van der Waals surface area contributed by atoms with Crippen LogP contribution < -0.4 is 5.32 Å². The Hall–Kier alpha value is -1.52. The van der Waals surface area contributed by atoms with E-state index in [0.717, 1.165) is 22.8 Å². The number of hydrogen-bond donors (Lipinski definition) is 1. The summed E-state index contributed by atoms with van der Waals surface area (Å²) in [5, 5.41) is 6.18. The summed E-state index contributed by atoms with van der Waals surface area (Å²) in [6, 6.07) is 10.3. The molecule has 1 heterocycles. The zero-order chi connectivity index (χ0) is 14.4. The highest BCUT2D eigenvalue weighted by Gasteiger charge is 2.12. The monoisotopic (exact) mass is 288 g/mol. The van der Waals surface area contributed by atoms with Crippen molar-refractivity contribution in [3.8, 4) is 11.3 Å². The Kier molecular flexibility index (Phi) is 5.44. The van der Waals surface area contributed by atoms with Crippen LogP contribution in [0.1, 0.15) is 25.3 Å². The van der Waals surface area contributed by atoms with Crippen molar-refractivity contribution < 1.29 is 4.79 Å². The highest BCUT2D eigenvalue weighted by Crippen LogP contribution is 2.22. The van der Waals surface area contributed by atoms with Gasteiger partial charge in [-0.05, 0) is 13.5 Å². The van der Waals surface area contributed by atoms with E-state index in [1.165, 1.54) is 0 Å². The minimum atomic E-state index is 0.237. The van der Waals surface area contributed by atoms with Gasteiger partial charge in [0.1, 0.15) is 10.8 Å². The van der Waals surface area contributed by atoms with Gasteiger partial charge in [-0.1, -0.05) is 37.3 Å². The fourth-order valence-corrected chi connectivity index (χ4v) is 2.97. The Morgan fingerprint density at radius 3 is 2.80 bits per heavy atom. The van der Waals surface area contributed by atoms with E-state index in [9.17, 15) is 4.79 Å². The second-order valence-corrected chi connectivity index (χ2v) is 5.81. The molecule has 0 aliphatic heterocycles. The molecule has 1 aromatic carbocycles. The van der Waals surface area contributed by atoms with Gasteiger partial charge in [-0.15, -0.1) is 11.3 Å². The zero-order valence-corrected chi connectivity index (χ0v) is 12.7. The van der Waals surface area contributed by atoms with E-state index in [1.807, 2.05) is 49.6 Å². The summed E-state index contributed by atoms with van der Waals surface area (Å²) < 4.78 is 0. The second-order valence-electron chi connectivity index (χ2n) is 4.87. The Morgan fingerprint density at radius 2 is 2.10 bits per heavy atom. The Bertz CT molecular complexity index is 551. The first-order valence-corrected chi connectivity index (χ1v) is 7.82. The minimum Gasteiger partial charge on any atom is -0.314 e. The van der Waals surface area contributed by atoms with Gasteiger partial charge in [-0.2, -0.15) is 0 Å². The van der Waals surface area contributed by atoms with Crippen LogP contribution in [0.4, 0.5) is 0 Å². The van der Waals surface area contributed by atoms with Crippen molar-refractivity contribution in [1.82, 2.24) is 10.3 Å². The molecule has 2 rings (SSSR count). The van der Waals surface area contributed by atoms with Crippen LogP contribution in [0.3, 0.4) is 0 Å². The molecule has 0 bridgehead atoms. The van der Waals surface area contributed by atoms with Crippen molar-refractivity contribution in [3.05, 3.63) is 40.7 Å². The molecule has 3 nitrogen and oxygen atoms in total. The highest BCUT2D eigenvalue weighted by atomic mass is 32.1. The van der Waals surface area contributed by atoms with Crippen LogP contribution in [0.5, 0.6) is 0 Å². The van der Waals surface area contributed by atoms with Gasteiger partial charge in [0, 0.05) is 23.4 Å². The van der Waals surface area contributed by atoms with Crippen molar-refractivity contribution in [2.45, 2.75) is 32.7 Å². The smallest absolute Gasteiger partial charge is 0.141 e. The first-order chi connectivity index (χ1) is 9.69. The maximum atomic E-state index is 12.0. The summed E-state index contributed by atoms with van der Waals surface area (Å²) in [6.07, 6.45) is 1.00. The standard InChI is InChI=1S/C16H20N2OS/c1-3-17-12(2)9-14(19)10-16-18-15(11-20-16)13-7-5-4-6-8-13/h4-8,11-12,17H,3,9-10H2,1-2H3. The number of rotatable bonds is 7. The van der Waals surface area contributed by atoms with E-state index in [4.69, 9.17) is 0 Å². The Labute approximate surface area is 124 Å². The van der Waals surface area contributed by atoms with Crippen molar-refractivity contribution in [1.29, 1.82) is 0 Å². The first-order valence-electron chi connectivity index (χ1n) is 6.94. The van der Waals surface area contributed by atoms with E-state index in [0.29, 0.717) is 12.8 Å². The number of carbonyl (C=O) groups is 1. The fourth-order valence-electron chi connectivity index (χ4n) is 2.14. The number of nitrogens with one attached hydrogen (secondary N) is 1. The third-order valence-electron chi connectivity index (χ3n) is 3.06. The molecule has 0 spiro atoms. The van der Waals surface area contributed by atoms with Gasteiger partial charge < -0.3 is 5.32 Å². The Balaban J connectivity index is 1.95. The van der Waals surface area contributed by atoms with Crippen LogP contribution in [0, 0.1) is 0 Å². The lowest BCUT2D eigenvalue weighted by molar-refractivity contribution is -0.118. The van der Waals surface area contributed by atoms with Crippen molar-refractivity contribution >= 4 is 17.1 Å². The lowest BCUT2D eigenvalue weighted by Crippen LogP contribution is -2.28. The molecule has 1 unspecified atom stereocenters. The van der Waals surface area contributed by atoms with Crippen LogP contribution in [0.2, 0.25) is 0 Å². The molecule has 0 aliphatic carbocycles. The quantitative estimate of drug-likeness (QED) is 0.850. The average molecular weight is 288 g/mol. The van der Waals surface area contributed by atoms with E-state index < -0.39 is 0 Å². The predicted octanol–water partition coefficient (Wildman–Crippen LogP) is 3.31. The highest BCUT2D eigenvalue weighted by molar-refractivity contribution is 7.10. The largest absolute Gasteiger partial charge is 0.314 e. The number of ketones is 1. The van der Waals surface area contributed by atoms with Gasteiger partial charge in [0.05, 0.1) is 12.1 Å². The van der Waals surface area contributed by atoms with Crippen molar-refractivity contribution in [3.63, 3.8) is 0 Å². The molecule has 20 heavy (non-hydrogen) atoms. The van der Waals surface area contributed by atoms with Gasteiger partial charge in [0.2, 0.25) is 0 Å². The molecule has 0 amide bonds. The molecule has 106 valence electrons. The number of nitrogens with zero attached hydrogens (tertiary/aromatic N) is 1. The lowest BCUT2D eigenvalue weighted by Gasteiger charge is -2.10. The normalized spacial score (nSPS) is 12.3. The van der Waals surface area contributed by atoms with Gasteiger partial charge in [-0.3, -0.25) is 4.79 Å². The van der Waals surface area contributed by atoms with Gasteiger partial charge >= 0.3 is 0 Å². The molecular formula is C16H20N2OS. The number of Topliss-reactive ketones (excluding diaryl/α,β-unsaturated/α-hetero) is 1. The molecule has 0 fully saturated rings. The molecule has 1 aromatic heterocycles. The maximum absolute atomic E-state index is 12.0. The van der Waals surface area contributed by atoms with Crippen LogP contribution in [0.15, 0.2) is 35.7 Å². The molecule has 0 radical (unpaired) electrons. The van der Waals surface area contributed by atoms with E-state index in [-0.39, 0.29) is 11.8 Å².